The number of hydrogen-bond acceptors (Lipinski definition) is 5. The first kappa shape index (κ1) is 14.8. The molecule has 2 aromatic rings. The van der Waals surface area contributed by atoms with Crippen LogP contribution in [0.2, 0.25) is 0 Å². The van der Waals surface area contributed by atoms with Crippen LogP contribution in [0.3, 0.4) is 0 Å². The van der Waals surface area contributed by atoms with Gasteiger partial charge in [-0.25, -0.2) is 5.10 Å². The standard InChI is InChI=1S/C14H18N4O3/c1-3-10-5-7-11(8-6-10)21-9-12(19)15-13-16-14(18-17-13)20-4-2/h5-8H,3-4,9H2,1-2H3,(H2,15,16,17,18,19). The molecular weight excluding hydrogens is 272 g/mol. The van der Waals surface area contributed by atoms with E-state index in [1.54, 1.807) is 0 Å². The molecule has 1 heterocycles. The van der Waals surface area contributed by atoms with Gasteiger partial charge in [0.1, 0.15) is 5.75 Å². The van der Waals surface area contributed by atoms with Gasteiger partial charge in [0, 0.05) is 0 Å². The van der Waals surface area contributed by atoms with E-state index in [1.165, 1.54) is 5.56 Å². The van der Waals surface area contributed by atoms with Gasteiger partial charge < -0.3 is 9.47 Å². The van der Waals surface area contributed by atoms with Gasteiger partial charge in [0.15, 0.2) is 6.61 Å². The molecule has 1 amide bonds. The maximum Gasteiger partial charge on any atom is 0.337 e. The fourth-order valence-corrected chi connectivity index (χ4v) is 1.63. The van der Waals surface area contributed by atoms with Crippen LogP contribution >= 0.6 is 0 Å². The zero-order chi connectivity index (χ0) is 15.1. The second-order valence-electron chi connectivity index (χ2n) is 4.23. The van der Waals surface area contributed by atoms with E-state index in [1.807, 2.05) is 31.2 Å². The normalized spacial score (nSPS) is 10.2. The number of ether oxygens (including phenoxy) is 2. The number of carbonyl (C=O) groups excluding carboxylic acids is 1. The molecule has 0 aliphatic carbocycles. The number of aryl methyl sites for hydroxylation is 1. The van der Waals surface area contributed by atoms with Crippen LogP contribution in [-0.2, 0) is 11.2 Å². The van der Waals surface area contributed by atoms with Crippen LogP contribution in [0.5, 0.6) is 11.8 Å². The van der Waals surface area contributed by atoms with E-state index in [-0.39, 0.29) is 24.5 Å². The van der Waals surface area contributed by atoms with Crippen molar-refractivity contribution in [2.45, 2.75) is 20.3 Å². The Bertz CT molecular complexity index is 580. The monoisotopic (exact) mass is 290 g/mol. The number of aromatic amines is 1. The van der Waals surface area contributed by atoms with Crippen molar-refractivity contribution in [2.24, 2.45) is 0 Å². The van der Waals surface area contributed by atoms with Crippen molar-refractivity contribution in [1.82, 2.24) is 15.2 Å². The van der Waals surface area contributed by atoms with Crippen molar-refractivity contribution in [2.75, 3.05) is 18.5 Å². The highest BCUT2D eigenvalue weighted by molar-refractivity contribution is 5.90. The summed E-state index contributed by atoms with van der Waals surface area (Å²) in [6, 6.07) is 7.82. The summed E-state index contributed by atoms with van der Waals surface area (Å²) in [7, 11) is 0. The highest BCUT2D eigenvalue weighted by Crippen LogP contribution is 2.12. The first-order valence-corrected chi connectivity index (χ1v) is 6.78. The lowest BCUT2D eigenvalue weighted by atomic mass is 10.2. The summed E-state index contributed by atoms with van der Waals surface area (Å²) in [5, 5.41) is 8.88. The van der Waals surface area contributed by atoms with E-state index in [4.69, 9.17) is 9.47 Å². The molecule has 2 rings (SSSR count). The maximum atomic E-state index is 11.7. The van der Waals surface area contributed by atoms with Crippen LogP contribution in [0.1, 0.15) is 19.4 Å². The van der Waals surface area contributed by atoms with Crippen LogP contribution in [-0.4, -0.2) is 34.3 Å². The Morgan fingerprint density at radius 2 is 2.00 bits per heavy atom. The van der Waals surface area contributed by atoms with Crippen LogP contribution in [0, 0.1) is 0 Å². The Balaban J connectivity index is 1.80. The number of benzene rings is 1. The van der Waals surface area contributed by atoms with Crippen LogP contribution in [0.15, 0.2) is 24.3 Å². The lowest BCUT2D eigenvalue weighted by Crippen LogP contribution is -2.20. The van der Waals surface area contributed by atoms with Gasteiger partial charge in [-0.15, -0.1) is 5.10 Å². The van der Waals surface area contributed by atoms with E-state index in [0.717, 1.165) is 6.42 Å². The number of amides is 1. The summed E-state index contributed by atoms with van der Waals surface area (Å²) in [5.74, 6) is 0.553. The largest absolute Gasteiger partial charge is 0.484 e. The summed E-state index contributed by atoms with van der Waals surface area (Å²) in [6.45, 7) is 4.27. The molecule has 0 aliphatic rings. The van der Waals surface area contributed by atoms with E-state index < -0.39 is 0 Å². The molecule has 7 heteroatoms. The van der Waals surface area contributed by atoms with Gasteiger partial charge in [-0.1, -0.05) is 19.1 Å². The predicted octanol–water partition coefficient (Wildman–Crippen LogP) is 1.78. The van der Waals surface area contributed by atoms with Gasteiger partial charge in [-0.05, 0) is 31.0 Å². The van der Waals surface area contributed by atoms with Crippen LogP contribution in [0.25, 0.3) is 0 Å². The number of H-pyrrole nitrogens is 1. The maximum absolute atomic E-state index is 11.7. The molecule has 7 nitrogen and oxygen atoms in total. The molecule has 0 fully saturated rings. The predicted molar refractivity (Wildman–Crippen MR) is 77.5 cm³/mol. The molecule has 0 unspecified atom stereocenters. The molecule has 0 saturated heterocycles. The Hall–Kier alpha value is -2.57. The molecule has 21 heavy (non-hydrogen) atoms. The first-order valence-electron chi connectivity index (χ1n) is 6.78. The Kier molecular flexibility index (Phi) is 5.14. The van der Waals surface area contributed by atoms with E-state index in [9.17, 15) is 4.79 Å². The number of rotatable bonds is 7. The molecule has 0 radical (unpaired) electrons. The molecule has 1 aromatic heterocycles. The molecule has 0 atom stereocenters. The Labute approximate surface area is 122 Å². The number of nitrogens with zero attached hydrogens (tertiary/aromatic N) is 2. The third-order valence-electron chi connectivity index (χ3n) is 2.70. The quantitative estimate of drug-likeness (QED) is 0.811. The van der Waals surface area contributed by atoms with Crippen LogP contribution < -0.4 is 14.8 Å². The molecule has 0 bridgehead atoms. The highest BCUT2D eigenvalue weighted by Gasteiger charge is 2.08. The number of aromatic nitrogens is 3. The molecule has 112 valence electrons. The zero-order valence-corrected chi connectivity index (χ0v) is 12.0. The van der Waals surface area contributed by atoms with Gasteiger partial charge in [-0.3, -0.25) is 10.1 Å². The van der Waals surface area contributed by atoms with Gasteiger partial charge >= 0.3 is 6.01 Å². The van der Waals surface area contributed by atoms with Crippen molar-refractivity contribution in [3.05, 3.63) is 29.8 Å². The average molecular weight is 290 g/mol. The molecule has 1 aromatic carbocycles. The third-order valence-corrected chi connectivity index (χ3v) is 2.70. The van der Waals surface area contributed by atoms with Gasteiger partial charge in [0.05, 0.1) is 6.61 Å². The van der Waals surface area contributed by atoms with Crippen LogP contribution in [0.4, 0.5) is 5.95 Å². The van der Waals surface area contributed by atoms with E-state index in [2.05, 4.69) is 27.4 Å². The van der Waals surface area contributed by atoms with Crippen molar-refractivity contribution in [3.63, 3.8) is 0 Å². The summed E-state index contributed by atoms with van der Waals surface area (Å²) in [6.07, 6.45) is 0.967. The number of nitrogens with one attached hydrogen (secondary N) is 2. The lowest BCUT2D eigenvalue weighted by Gasteiger charge is -2.06. The summed E-state index contributed by atoms with van der Waals surface area (Å²) >= 11 is 0. The summed E-state index contributed by atoms with van der Waals surface area (Å²) < 4.78 is 10.5. The average Bonchev–Trinajstić information content (AvgIpc) is 2.93. The van der Waals surface area contributed by atoms with Gasteiger partial charge in [0.2, 0.25) is 5.95 Å². The van der Waals surface area contributed by atoms with Crippen molar-refractivity contribution < 1.29 is 14.3 Å². The number of carbonyl (C=O) groups is 1. The second kappa shape index (κ2) is 7.28. The smallest absolute Gasteiger partial charge is 0.337 e. The topological polar surface area (TPSA) is 89.1 Å². The molecule has 2 N–H and O–H groups in total. The Morgan fingerprint density at radius 3 is 2.67 bits per heavy atom. The third kappa shape index (κ3) is 4.48. The van der Waals surface area contributed by atoms with Crippen molar-refractivity contribution in [1.29, 1.82) is 0 Å². The zero-order valence-electron chi connectivity index (χ0n) is 12.0. The molecular formula is C14H18N4O3. The molecule has 0 saturated carbocycles. The number of anilines is 1. The second-order valence-corrected chi connectivity index (χ2v) is 4.23. The first-order chi connectivity index (χ1) is 10.2. The minimum absolute atomic E-state index is 0.101. The van der Waals surface area contributed by atoms with Gasteiger partial charge in [0.25, 0.3) is 5.91 Å². The summed E-state index contributed by atoms with van der Waals surface area (Å²) in [4.78, 5) is 15.7. The van der Waals surface area contributed by atoms with Crippen molar-refractivity contribution >= 4 is 11.9 Å². The Morgan fingerprint density at radius 1 is 1.24 bits per heavy atom. The minimum Gasteiger partial charge on any atom is -0.484 e. The fraction of sp³-hybridized carbons (Fsp3) is 0.357. The lowest BCUT2D eigenvalue weighted by molar-refractivity contribution is -0.118. The minimum atomic E-state index is -0.325. The molecule has 0 spiro atoms. The molecule has 0 aliphatic heterocycles. The SMILES string of the molecule is CCOc1n[nH]c(NC(=O)COc2ccc(CC)cc2)n1. The van der Waals surface area contributed by atoms with E-state index in [0.29, 0.717) is 12.4 Å². The number of hydrogen-bond donors (Lipinski definition) is 2. The van der Waals surface area contributed by atoms with Gasteiger partial charge in [-0.2, -0.15) is 4.98 Å². The highest BCUT2D eigenvalue weighted by atomic mass is 16.5. The van der Waals surface area contributed by atoms with Crippen molar-refractivity contribution in [3.8, 4) is 11.8 Å². The fourth-order valence-electron chi connectivity index (χ4n) is 1.63. The summed E-state index contributed by atoms with van der Waals surface area (Å²) in [5.41, 5.74) is 1.22. The van der Waals surface area contributed by atoms with E-state index >= 15 is 0 Å².